The molecule has 4 nitrogen and oxygen atoms in total. The zero-order valence-corrected chi connectivity index (χ0v) is 10.3. The van der Waals surface area contributed by atoms with Crippen molar-refractivity contribution in [2.45, 2.75) is 64.1 Å². The number of rotatable bonds is 4. The fourth-order valence-electron chi connectivity index (χ4n) is 2.07. The summed E-state index contributed by atoms with van der Waals surface area (Å²) in [5.41, 5.74) is 5.84. The van der Waals surface area contributed by atoms with Crippen LogP contribution in [0, 0.1) is 5.92 Å². The van der Waals surface area contributed by atoms with Crippen LogP contribution in [0.25, 0.3) is 0 Å². The number of carbonyl (C=O) groups is 1. The molecule has 0 heterocycles. The van der Waals surface area contributed by atoms with E-state index in [0.717, 1.165) is 32.1 Å². The van der Waals surface area contributed by atoms with Gasteiger partial charge in [-0.25, -0.2) is 0 Å². The number of aliphatic hydroxyl groups is 1. The maximum atomic E-state index is 11.8. The first-order valence-corrected chi connectivity index (χ1v) is 6.30. The van der Waals surface area contributed by atoms with Crippen LogP contribution in [0.2, 0.25) is 0 Å². The van der Waals surface area contributed by atoms with Crippen LogP contribution in [0.5, 0.6) is 0 Å². The lowest BCUT2D eigenvalue weighted by Crippen LogP contribution is -2.52. The van der Waals surface area contributed by atoms with Gasteiger partial charge in [0.25, 0.3) is 0 Å². The largest absolute Gasteiger partial charge is 0.391 e. The van der Waals surface area contributed by atoms with Crippen LogP contribution in [0.3, 0.4) is 0 Å². The summed E-state index contributed by atoms with van der Waals surface area (Å²) in [6.45, 7) is 3.99. The average Bonchev–Trinajstić information content (AvgIpc) is 2.30. The molecule has 4 N–H and O–H groups in total. The van der Waals surface area contributed by atoms with Crippen molar-refractivity contribution in [2.75, 3.05) is 0 Å². The maximum absolute atomic E-state index is 11.8. The van der Waals surface area contributed by atoms with Gasteiger partial charge in [-0.2, -0.15) is 0 Å². The fourth-order valence-corrected chi connectivity index (χ4v) is 2.07. The Labute approximate surface area is 97.6 Å². The molecule has 0 aromatic carbocycles. The van der Waals surface area contributed by atoms with E-state index in [-0.39, 0.29) is 17.9 Å². The third-order valence-electron chi connectivity index (χ3n) is 3.62. The molecule has 1 aliphatic rings. The molecule has 94 valence electrons. The molecule has 4 atom stereocenters. The molecule has 0 radical (unpaired) electrons. The van der Waals surface area contributed by atoms with Gasteiger partial charge >= 0.3 is 0 Å². The lowest BCUT2D eigenvalue weighted by molar-refractivity contribution is -0.125. The number of amides is 1. The SMILES string of the molecule is CCC(C)C(N)C(=O)N[C@@H]1CCCC[C@H]1O. The molecule has 1 rings (SSSR count). The molecule has 1 fully saturated rings. The van der Waals surface area contributed by atoms with Crippen molar-refractivity contribution in [2.24, 2.45) is 11.7 Å². The summed E-state index contributed by atoms with van der Waals surface area (Å²) >= 11 is 0. The van der Waals surface area contributed by atoms with E-state index in [1.165, 1.54) is 0 Å². The summed E-state index contributed by atoms with van der Waals surface area (Å²) in [6, 6.07) is -0.560. The lowest BCUT2D eigenvalue weighted by atomic mass is 9.91. The highest BCUT2D eigenvalue weighted by atomic mass is 16.3. The second-order valence-corrected chi connectivity index (χ2v) is 4.88. The van der Waals surface area contributed by atoms with E-state index in [0.29, 0.717) is 0 Å². The van der Waals surface area contributed by atoms with Crippen LogP contribution in [-0.2, 0) is 4.79 Å². The number of hydrogen-bond donors (Lipinski definition) is 3. The predicted octanol–water partition coefficient (Wildman–Crippen LogP) is 0.779. The van der Waals surface area contributed by atoms with Crippen molar-refractivity contribution in [3.8, 4) is 0 Å². The van der Waals surface area contributed by atoms with Crippen molar-refractivity contribution < 1.29 is 9.90 Å². The first-order chi connectivity index (χ1) is 7.56. The van der Waals surface area contributed by atoms with Gasteiger partial charge in [0, 0.05) is 0 Å². The quantitative estimate of drug-likeness (QED) is 0.665. The molecule has 1 amide bonds. The number of nitrogens with two attached hydrogens (primary N) is 1. The number of nitrogens with one attached hydrogen (secondary N) is 1. The molecular weight excluding hydrogens is 204 g/mol. The zero-order chi connectivity index (χ0) is 12.1. The van der Waals surface area contributed by atoms with Crippen molar-refractivity contribution in [3.63, 3.8) is 0 Å². The molecule has 2 unspecified atom stereocenters. The van der Waals surface area contributed by atoms with Crippen molar-refractivity contribution in [1.29, 1.82) is 0 Å². The molecule has 0 aromatic rings. The molecule has 1 aliphatic carbocycles. The summed E-state index contributed by atoms with van der Waals surface area (Å²) in [7, 11) is 0. The Morgan fingerprint density at radius 3 is 2.69 bits per heavy atom. The minimum absolute atomic E-state index is 0.101. The van der Waals surface area contributed by atoms with Crippen molar-refractivity contribution in [3.05, 3.63) is 0 Å². The van der Waals surface area contributed by atoms with Crippen LogP contribution in [0.4, 0.5) is 0 Å². The van der Waals surface area contributed by atoms with E-state index >= 15 is 0 Å². The third kappa shape index (κ3) is 3.46. The van der Waals surface area contributed by atoms with E-state index in [1.54, 1.807) is 0 Å². The minimum Gasteiger partial charge on any atom is -0.391 e. The summed E-state index contributed by atoms with van der Waals surface area (Å²) in [5, 5.41) is 12.6. The van der Waals surface area contributed by atoms with Gasteiger partial charge in [0.2, 0.25) is 5.91 Å². The highest BCUT2D eigenvalue weighted by Gasteiger charge is 2.27. The molecular formula is C12H24N2O2. The predicted molar refractivity (Wildman–Crippen MR) is 63.8 cm³/mol. The van der Waals surface area contributed by atoms with Gasteiger partial charge < -0.3 is 16.2 Å². The third-order valence-corrected chi connectivity index (χ3v) is 3.62. The Morgan fingerprint density at radius 2 is 2.12 bits per heavy atom. The van der Waals surface area contributed by atoms with E-state index in [2.05, 4.69) is 5.32 Å². The smallest absolute Gasteiger partial charge is 0.237 e. The van der Waals surface area contributed by atoms with Gasteiger partial charge in [0.15, 0.2) is 0 Å². The Bertz CT molecular complexity index is 233. The van der Waals surface area contributed by atoms with Gasteiger partial charge in [-0.1, -0.05) is 33.1 Å². The Morgan fingerprint density at radius 1 is 1.50 bits per heavy atom. The van der Waals surface area contributed by atoms with Crippen LogP contribution in [0.1, 0.15) is 46.0 Å². The Hall–Kier alpha value is -0.610. The minimum atomic E-state index is -0.459. The van der Waals surface area contributed by atoms with Crippen molar-refractivity contribution in [1.82, 2.24) is 5.32 Å². The van der Waals surface area contributed by atoms with Crippen LogP contribution in [-0.4, -0.2) is 29.2 Å². The molecule has 0 aliphatic heterocycles. The van der Waals surface area contributed by atoms with Crippen LogP contribution < -0.4 is 11.1 Å². The van der Waals surface area contributed by atoms with Gasteiger partial charge in [-0.3, -0.25) is 4.79 Å². The monoisotopic (exact) mass is 228 g/mol. The van der Waals surface area contributed by atoms with Gasteiger partial charge in [-0.15, -0.1) is 0 Å². The molecule has 0 spiro atoms. The van der Waals surface area contributed by atoms with E-state index in [9.17, 15) is 9.90 Å². The molecule has 16 heavy (non-hydrogen) atoms. The van der Waals surface area contributed by atoms with Gasteiger partial charge in [-0.05, 0) is 18.8 Å². The highest BCUT2D eigenvalue weighted by molar-refractivity contribution is 5.82. The second-order valence-electron chi connectivity index (χ2n) is 4.88. The summed E-state index contributed by atoms with van der Waals surface area (Å²) in [4.78, 5) is 11.8. The van der Waals surface area contributed by atoms with Gasteiger partial charge in [0.1, 0.15) is 0 Å². The van der Waals surface area contributed by atoms with Crippen LogP contribution in [0.15, 0.2) is 0 Å². The number of carbonyl (C=O) groups excluding carboxylic acids is 1. The van der Waals surface area contributed by atoms with Gasteiger partial charge in [0.05, 0.1) is 18.2 Å². The lowest BCUT2D eigenvalue weighted by Gasteiger charge is -2.30. The molecule has 0 aromatic heterocycles. The Balaban J connectivity index is 2.43. The first kappa shape index (κ1) is 13.5. The summed E-state index contributed by atoms with van der Waals surface area (Å²) in [6.07, 6.45) is 4.25. The average molecular weight is 228 g/mol. The standard InChI is InChI=1S/C12H24N2O2/c1-3-8(2)11(13)12(16)14-9-6-4-5-7-10(9)15/h8-11,15H,3-7,13H2,1-2H3,(H,14,16)/t8?,9-,10-,11?/m1/s1. The molecule has 0 bridgehead atoms. The molecule has 0 saturated heterocycles. The first-order valence-electron chi connectivity index (χ1n) is 6.30. The normalized spacial score (nSPS) is 29.5. The zero-order valence-electron chi connectivity index (χ0n) is 10.3. The van der Waals surface area contributed by atoms with Crippen molar-refractivity contribution >= 4 is 5.91 Å². The van der Waals surface area contributed by atoms with E-state index in [4.69, 9.17) is 5.73 Å². The molecule has 4 heteroatoms. The fraction of sp³-hybridized carbons (Fsp3) is 0.917. The van der Waals surface area contributed by atoms with Crippen LogP contribution >= 0.6 is 0 Å². The number of hydrogen-bond acceptors (Lipinski definition) is 3. The summed E-state index contributed by atoms with van der Waals surface area (Å²) in [5.74, 6) is 0.0565. The Kier molecular flexibility index (Phi) is 5.22. The van der Waals surface area contributed by atoms with E-state index < -0.39 is 12.1 Å². The number of aliphatic hydroxyl groups excluding tert-OH is 1. The summed E-state index contributed by atoms with van der Waals surface area (Å²) < 4.78 is 0. The maximum Gasteiger partial charge on any atom is 0.237 e. The highest BCUT2D eigenvalue weighted by Crippen LogP contribution is 2.18. The topological polar surface area (TPSA) is 75.4 Å². The second kappa shape index (κ2) is 6.21. The molecule has 1 saturated carbocycles. The van der Waals surface area contributed by atoms with E-state index in [1.807, 2.05) is 13.8 Å².